The minimum absolute atomic E-state index is 0.0469. The number of nitrogens with one attached hydrogen (secondary N) is 1. The van der Waals surface area contributed by atoms with Crippen molar-refractivity contribution in [1.82, 2.24) is 9.55 Å². The van der Waals surface area contributed by atoms with E-state index >= 15 is 0 Å². The first-order valence-electron chi connectivity index (χ1n) is 10.0. The lowest BCUT2D eigenvalue weighted by Gasteiger charge is -2.39. The van der Waals surface area contributed by atoms with Crippen LogP contribution in [0.4, 0.5) is 0 Å². The molecule has 2 aliphatic heterocycles. The number of aromatic amines is 1. The van der Waals surface area contributed by atoms with Crippen molar-refractivity contribution in [2.45, 2.75) is 70.7 Å². The number of rotatable bonds is 6. The van der Waals surface area contributed by atoms with Gasteiger partial charge in [0.15, 0.2) is 13.0 Å². The van der Waals surface area contributed by atoms with E-state index in [0.717, 1.165) is 11.5 Å². The summed E-state index contributed by atoms with van der Waals surface area (Å²) in [5.41, 5.74) is -0.386. The third-order valence-corrected chi connectivity index (χ3v) is 20.2. The van der Waals surface area contributed by atoms with Crippen LogP contribution in [-0.2, 0) is 25.5 Å². The minimum Gasteiger partial charge on any atom is -0.411 e. The van der Waals surface area contributed by atoms with Crippen LogP contribution >= 0.6 is 27.4 Å². The van der Waals surface area contributed by atoms with E-state index in [-0.39, 0.29) is 22.8 Å². The van der Waals surface area contributed by atoms with Gasteiger partial charge in [-0.3, -0.25) is 14.3 Å². The largest absolute Gasteiger partial charge is 0.411 e. The maximum atomic E-state index is 12.4. The lowest BCUT2D eigenvalue weighted by Crippen LogP contribution is -2.46. The Labute approximate surface area is 191 Å². The van der Waals surface area contributed by atoms with E-state index in [1.807, 2.05) is 0 Å². The average molecular weight is 511 g/mol. The molecule has 2 saturated heterocycles. The number of hydrogen-bond donors (Lipinski definition) is 1. The molecule has 0 aromatic carbocycles. The van der Waals surface area contributed by atoms with E-state index in [1.54, 1.807) is 35.9 Å². The predicted octanol–water partition coefficient (Wildman–Crippen LogP) is 4.24. The van der Waals surface area contributed by atoms with Gasteiger partial charge < -0.3 is 13.7 Å². The molecule has 170 valence electrons. The summed E-state index contributed by atoms with van der Waals surface area (Å²) in [6, 6.07) is 0. The highest BCUT2D eigenvalue weighted by molar-refractivity contribution is 9.00. The van der Waals surface area contributed by atoms with Crippen molar-refractivity contribution in [3.05, 3.63) is 32.6 Å². The van der Waals surface area contributed by atoms with Crippen LogP contribution in [0.15, 0.2) is 15.8 Å². The van der Waals surface area contributed by atoms with Crippen LogP contribution in [0.1, 0.15) is 39.0 Å². The van der Waals surface area contributed by atoms with Gasteiger partial charge in [0.05, 0.1) is 12.7 Å². The Hall–Kier alpha value is 0.127. The molecule has 2 aliphatic rings. The first-order valence-corrected chi connectivity index (χ1v) is 18.8. The fraction of sp³-hybridized carbons (Fsp3) is 0.778. The molecular formula is C18H31N2O5PS3Si. The number of ether oxygens (including phenoxy) is 1. The normalized spacial score (nSPS) is 26.9. The molecule has 1 unspecified atom stereocenters. The molecule has 0 saturated carbocycles. The maximum Gasteiger partial charge on any atom is 0.330 e. The van der Waals surface area contributed by atoms with Crippen molar-refractivity contribution in [3.8, 4) is 0 Å². The Bertz CT molecular complexity index is 935. The molecule has 30 heavy (non-hydrogen) atoms. The van der Waals surface area contributed by atoms with E-state index in [0.29, 0.717) is 18.6 Å². The van der Waals surface area contributed by atoms with Crippen LogP contribution in [0.2, 0.25) is 18.1 Å². The molecule has 7 nitrogen and oxygen atoms in total. The van der Waals surface area contributed by atoms with E-state index < -0.39 is 24.9 Å². The van der Waals surface area contributed by atoms with E-state index in [4.69, 9.17) is 25.5 Å². The van der Waals surface area contributed by atoms with Gasteiger partial charge in [-0.05, 0) is 36.9 Å². The molecule has 1 aromatic heterocycles. The summed E-state index contributed by atoms with van der Waals surface area (Å²) >= 11 is 9.18. The Balaban J connectivity index is 1.83. The fourth-order valence-corrected chi connectivity index (χ4v) is 13.3. The van der Waals surface area contributed by atoms with Crippen LogP contribution < -0.4 is 11.2 Å². The molecule has 3 heterocycles. The molecule has 3 atom stereocenters. The molecule has 0 aliphatic carbocycles. The molecule has 12 heteroatoms. The van der Waals surface area contributed by atoms with Crippen LogP contribution in [0.3, 0.4) is 0 Å². The molecule has 0 spiro atoms. The van der Waals surface area contributed by atoms with E-state index in [2.05, 4.69) is 38.8 Å². The molecule has 0 radical (unpaired) electrons. The molecule has 0 amide bonds. The maximum absolute atomic E-state index is 12.4. The summed E-state index contributed by atoms with van der Waals surface area (Å²) in [5, 5.41) is 0.0469. The standard InChI is InChI=1S/C18H31N2O5PS3Si/c1-12-10-20(17(22)19-16(12)21)15-9-13(25-30(5,6)18(2,3)4)14(24-15)11-23-26(27)28-7-8-29-26/h10,13-15H,7-9,11H2,1-6H3,(H,19,21,22)/t13?,14-,15-/m1/s1. The van der Waals surface area contributed by atoms with Crippen molar-refractivity contribution in [3.63, 3.8) is 0 Å². The van der Waals surface area contributed by atoms with Crippen LogP contribution in [0, 0.1) is 6.92 Å². The van der Waals surface area contributed by atoms with Crippen LogP contribution in [-0.4, -0.2) is 48.2 Å². The molecule has 1 N–H and O–H groups in total. The highest BCUT2D eigenvalue weighted by Gasteiger charge is 2.46. The predicted molar refractivity (Wildman–Crippen MR) is 132 cm³/mol. The summed E-state index contributed by atoms with van der Waals surface area (Å²) in [4.78, 5) is 26.5. The first-order chi connectivity index (χ1) is 13.8. The summed E-state index contributed by atoms with van der Waals surface area (Å²) in [5.74, 6) is 2.04. The Morgan fingerprint density at radius 2 is 1.97 bits per heavy atom. The zero-order valence-electron chi connectivity index (χ0n) is 18.3. The van der Waals surface area contributed by atoms with Gasteiger partial charge in [-0.15, -0.1) is 0 Å². The lowest BCUT2D eigenvalue weighted by molar-refractivity contribution is -0.0366. The van der Waals surface area contributed by atoms with Crippen molar-refractivity contribution >= 4 is 47.6 Å². The zero-order chi connectivity index (χ0) is 22.3. The third-order valence-electron chi connectivity index (χ3n) is 5.87. The fourth-order valence-electron chi connectivity index (χ4n) is 3.08. The van der Waals surface area contributed by atoms with Gasteiger partial charge in [0.2, 0.25) is 0 Å². The van der Waals surface area contributed by atoms with E-state index in [9.17, 15) is 9.59 Å². The second-order valence-electron chi connectivity index (χ2n) is 9.17. The van der Waals surface area contributed by atoms with Gasteiger partial charge in [0.1, 0.15) is 12.3 Å². The third kappa shape index (κ3) is 5.54. The molecule has 3 rings (SSSR count). The van der Waals surface area contributed by atoms with Gasteiger partial charge in [0.25, 0.3) is 5.56 Å². The van der Waals surface area contributed by atoms with E-state index in [1.165, 1.54) is 4.57 Å². The smallest absolute Gasteiger partial charge is 0.330 e. The second kappa shape index (κ2) is 9.17. The molecule has 1 aromatic rings. The van der Waals surface area contributed by atoms with Gasteiger partial charge in [-0.1, -0.05) is 43.5 Å². The van der Waals surface area contributed by atoms with Crippen LogP contribution in [0.25, 0.3) is 0 Å². The Morgan fingerprint density at radius 3 is 2.57 bits per heavy atom. The van der Waals surface area contributed by atoms with Crippen molar-refractivity contribution in [1.29, 1.82) is 0 Å². The average Bonchev–Trinajstić information content (AvgIpc) is 3.22. The zero-order valence-corrected chi connectivity index (χ0v) is 22.6. The number of hydrogen-bond acceptors (Lipinski definition) is 8. The Kier molecular flexibility index (Phi) is 7.57. The van der Waals surface area contributed by atoms with Crippen LogP contribution in [0.5, 0.6) is 0 Å². The minimum atomic E-state index is -2.06. The molecule has 2 fully saturated rings. The summed E-state index contributed by atoms with van der Waals surface area (Å²) in [6.45, 7) is 13.0. The first kappa shape index (κ1) is 24.8. The SMILES string of the molecule is Cc1cn([C@H]2CC(O[Si](C)(C)C(C)(C)C)[C@@H](COP3(=S)SCCS3)O2)c(=O)[nH]c1=O. The van der Waals surface area contributed by atoms with Gasteiger partial charge in [-0.25, -0.2) is 4.79 Å². The molecular weight excluding hydrogens is 479 g/mol. The molecule has 0 bridgehead atoms. The highest BCUT2D eigenvalue weighted by Crippen LogP contribution is 2.74. The van der Waals surface area contributed by atoms with Gasteiger partial charge in [-0.2, -0.15) is 0 Å². The topological polar surface area (TPSA) is 82.6 Å². The second-order valence-corrected chi connectivity index (χ2v) is 24.7. The van der Waals surface area contributed by atoms with Crippen molar-refractivity contribution in [2.24, 2.45) is 0 Å². The quantitative estimate of drug-likeness (QED) is 0.449. The number of nitrogens with zero attached hydrogens (tertiary/aromatic N) is 1. The monoisotopic (exact) mass is 510 g/mol. The number of aryl methyl sites for hydroxylation is 1. The number of aromatic nitrogens is 2. The van der Waals surface area contributed by atoms with Gasteiger partial charge in [0, 0.05) is 29.7 Å². The number of H-pyrrole nitrogens is 1. The summed E-state index contributed by atoms with van der Waals surface area (Å²) < 4.78 is 18.7. The lowest BCUT2D eigenvalue weighted by atomic mass is 10.2. The summed E-state index contributed by atoms with van der Waals surface area (Å²) in [6.07, 6.45) is 1.05. The Morgan fingerprint density at radius 1 is 1.33 bits per heavy atom. The van der Waals surface area contributed by atoms with Gasteiger partial charge >= 0.3 is 5.69 Å². The highest BCUT2D eigenvalue weighted by atomic mass is 33.2. The van der Waals surface area contributed by atoms with Crippen molar-refractivity contribution in [2.75, 3.05) is 18.1 Å². The summed E-state index contributed by atoms with van der Waals surface area (Å²) in [7, 11) is -2.06. The van der Waals surface area contributed by atoms with Crippen molar-refractivity contribution < 1.29 is 13.7 Å².